The number of aryl methyl sites for hydroxylation is 1. The van der Waals surface area contributed by atoms with E-state index in [0.717, 1.165) is 18.5 Å². The Balaban J connectivity index is 1.71. The van der Waals surface area contributed by atoms with Crippen LogP contribution >= 0.6 is 11.6 Å². The highest BCUT2D eigenvalue weighted by Crippen LogP contribution is 2.25. The number of nitrogens with zero attached hydrogens (tertiary/aromatic N) is 5. The second-order valence-electron chi connectivity index (χ2n) is 7.42. The van der Waals surface area contributed by atoms with E-state index in [4.69, 9.17) is 11.6 Å². The molecule has 1 aliphatic carbocycles. The van der Waals surface area contributed by atoms with Gasteiger partial charge in [-0.25, -0.2) is 9.36 Å². The second-order valence-corrected chi connectivity index (χ2v) is 7.85. The predicted octanol–water partition coefficient (Wildman–Crippen LogP) is 2.61. The molecule has 0 atom stereocenters. The van der Waals surface area contributed by atoms with Crippen molar-refractivity contribution in [3.63, 3.8) is 0 Å². The lowest BCUT2D eigenvalue weighted by Crippen LogP contribution is -2.35. The van der Waals surface area contributed by atoms with E-state index < -0.39 is 0 Å². The minimum Gasteiger partial charge on any atom is -0.352 e. The van der Waals surface area contributed by atoms with Gasteiger partial charge in [-0.1, -0.05) is 11.6 Å². The highest BCUT2D eigenvalue weighted by molar-refractivity contribution is 6.30. The summed E-state index contributed by atoms with van der Waals surface area (Å²) < 4.78 is 4.75. The highest BCUT2D eigenvalue weighted by Gasteiger charge is 2.25. The van der Waals surface area contributed by atoms with Gasteiger partial charge in [-0.2, -0.15) is 10.2 Å². The smallest absolute Gasteiger partial charge is 0.280 e. The van der Waals surface area contributed by atoms with Crippen LogP contribution < -0.4 is 10.9 Å². The Morgan fingerprint density at radius 3 is 2.53 bits per heavy atom. The lowest BCUT2D eigenvalue weighted by Gasteiger charge is -2.09. The van der Waals surface area contributed by atoms with E-state index in [1.165, 1.54) is 4.68 Å². The maximum Gasteiger partial charge on any atom is 0.280 e. The molecule has 4 aromatic rings. The molecule has 1 fully saturated rings. The third kappa shape index (κ3) is 3.29. The van der Waals surface area contributed by atoms with E-state index in [0.29, 0.717) is 27.4 Å². The molecule has 9 heteroatoms. The molecule has 1 amide bonds. The van der Waals surface area contributed by atoms with Crippen LogP contribution in [-0.4, -0.2) is 36.1 Å². The summed E-state index contributed by atoms with van der Waals surface area (Å²) in [5.74, 6) is 0.377. The number of fused-ring (bicyclic) bond motifs is 1. The van der Waals surface area contributed by atoms with Crippen molar-refractivity contribution in [1.82, 2.24) is 29.4 Å². The minimum atomic E-state index is -0.356. The molecule has 1 aromatic carbocycles. The van der Waals surface area contributed by atoms with E-state index in [1.807, 2.05) is 41.2 Å². The zero-order valence-electron chi connectivity index (χ0n) is 16.2. The molecule has 1 N–H and O–H groups in total. The molecule has 3 aromatic heterocycles. The molecular weight excluding hydrogens is 404 g/mol. The van der Waals surface area contributed by atoms with Gasteiger partial charge < -0.3 is 9.88 Å². The van der Waals surface area contributed by atoms with Crippen LogP contribution in [0.15, 0.2) is 53.6 Å². The Hall–Kier alpha value is -3.39. The zero-order chi connectivity index (χ0) is 20.8. The van der Waals surface area contributed by atoms with Gasteiger partial charge in [-0.15, -0.1) is 0 Å². The van der Waals surface area contributed by atoms with E-state index >= 15 is 0 Å². The fourth-order valence-electron chi connectivity index (χ4n) is 3.48. The van der Waals surface area contributed by atoms with Crippen molar-refractivity contribution >= 4 is 28.4 Å². The largest absolute Gasteiger partial charge is 0.352 e. The number of amides is 1. The van der Waals surface area contributed by atoms with Crippen LogP contribution in [0, 0.1) is 6.92 Å². The van der Waals surface area contributed by atoms with Crippen molar-refractivity contribution in [3.05, 3.63) is 69.9 Å². The molecule has 1 saturated carbocycles. The van der Waals surface area contributed by atoms with E-state index in [-0.39, 0.29) is 24.1 Å². The number of aromatic nitrogens is 5. The molecule has 152 valence electrons. The van der Waals surface area contributed by atoms with Crippen molar-refractivity contribution in [2.24, 2.45) is 0 Å². The third-order valence-corrected chi connectivity index (χ3v) is 5.33. The summed E-state index contributed by atoms with van der Waals surface area (Å²) in [6, 6.07) is 11.2. The second kappa shape index (κ2) is 7.14. The quantitative estimate of drug-likeness (QED) is 0.535. The van der Waals surface area contributed by atoms with E-state index in [2.05, 4.69) is 15.5 Å². The van der Waals surface area contributed by atoms with Gasteiger partial charge in [-0.05, 0) is 56.2 Å². The molecule has 1 aliphatic rings. The number of hydrogen-bond acceptors (Lipinski definition) is 4. The molecule has 0 aliphatic heterocycles. The summed E-state index contributed by atoms with van der Waals surface area (Å²) in [6.07, 6.45) is 5.67. The molecule has 30 heavy (non-hydrogen) atoms. The van der Waals surface area contributed by atoms with Gasteiger partial charge >= 0.3 is 0 Å². The van der Waals surface area contributed by atoms with Crippen LogP contribution in [0.4, 0.5) is 0 Å². The lowest BCUT2D eigenvalue weighted by molar-refractivity contribution is -0.122. The first-order valence-corrected chi connectivity index (χ1v) is 10.1. The topological polar surface area (TPSA) is 86.7 Å². The fraction of sp³-hybridized carbons (Fsp3) is 0.238. The van der Waals surface area contributed by atoms with E-state index in [1.54, 1.807) is 23.7 Å². The number of halogens is 1. The van der Waals surface area contributed by atoms with E-state index in [9.17, 15) is 9.59 Å². The Kier molecular flexibility index (Phi) is 4.43. The van der Waals surface area contributed by atoms with Gasteiger partial charge in [0.1, 0.15) is 17.4 Å². The monoisotopic (exact) mass is 422 g/mol. The van der Waals surface area contributed by atoms with Crippen LogP contribution in [0.2, 0.25) is 5.02 Å². The summed E-state index contributed by atoms with van der Waals surface area (Å²) in [4.78, 5) is 25.7. The average molecular weight is 423 g/mol. The van der Waals surface area contributed by atoms with Crippen molar-refractivity contribution in [2.75, 3.05) is 0 Å². The van der Waals surface area contributed by atoms with Crippen LogP contribution in [0.25, 0.3) is 22.4 Å². The molecule has 0 saturated heterocycles. The third-order valence-electron chi connectivity index (χ3n) is 5.08. The number of carbonyl (C=O) groups is 1. The first kappa shape index (κ1) is 18.6. The number of nitrogens with one attached hydrogen (secondary N) is 1. The molecule has 0 radical (unpaired) electrons. The fourth-order valence-corrected chi connectivity index (χ4v) is 3.61. The van der Waals surface area contributed by atoms with Gasteiger partial charge in [-0.3, -0.25) is 9.59 Å². The summed E-state index contributed by atoms with van der Waals surface area (Å²) in [6.45, 7) is 1.67. The minimum absolute atomic E-state index is 0.122. The number of hydrogen-bond donors (Lipinski definition) is 1. The Morgan fingerprint density at radius 1 is 1.17 bits per heavy atom. The maximum absolute atomic E-state index is 13.4. The standard InChI is InChI=1S/C21H19ClN6O2/c1-13-19-18(21(30)27(24-13)12-17(29)23-15-6-7-15)20(26-10-2-3-11-26)28(25-19)16-8-4-14(22)5-9-16/h2-5,8-11,15H,6-7,12H2,1H3,(H,23,29). The number of benzene rings is 1. The average Bonchev–Trinajstić information content (AvgIpc) is 3.21. The Bertz CT molecular complexity index is 1300. The van der Waals surface area contributed by atoms with Gasteiger partial charge in [0.15, 0.2) is 5.82 Å². The van der Waals surface area contributed by atoms with Gasteiger partial charge in [0.2, 0.25) is 5.91 Å². The lowest BCUT2D eigenvalue weighted by atomic mass is 10.2. The molecule has 0 spiro atoms. The normalized spacial score (nSPS) is 13.7. The summed E-state index contributed by atoms with van der Waals surface area (Å²) >= 11 is 6.04. The summed E-state index contributed by atoms with van der Waals surface area (Å²) in [5, 5.41) is 13.0. The van der Waals surface area contributed by atoms with Crippen molar-refractivity contribution in [3.8, 4) is 11.5 Å². The van der Waals surface area contributed by atoms with Crippen molar-refractivity contribution < 1.29 is 4.79 Å². The van der Waals surface area contributed by atoms with Crippen LogP contribution in [-0.2, 0) is 11.3 Å². The predicted molar refractivity (Wildman–Crippen MR) is 113 cm³/mol. The van der Waals surface area contributed by atoms with Crippen LogP contribution in [0.1, 0.15) is 18.5 Å². The van der Waals surface area contributed by atoms with Crippen molar-refractivity contribution in [2.45, 2.75) is 32.4 Å². The number of rotatable bonds is 5. The molecule has 0 bridgehead atoms. The van der Waals surface area contributed by atoms with Crippen molar-refractivity contribution in [1.29, 1.82) is 0 Å². The zero-order valence-corrected chi connectivity index (χ0v) is 17.0. The SMILES string of the molecule is Cc1nn(CC(=O)NC2CC2)c(=O)c2c(-n3cccc3)n(-c3ccc(Cl)cc3)nc12. The molecule has 3 heterocycles. The maximum atomic E-state index is 13.4. The summed E-state index contributed by atoms with van der Waals surface area (Å²) in [7, 11) is 0. The summed E-state index contributed by atoms with van der Waals surface area (Å²) in [5.41, 5.74) is 1.48. The highest BCUT2D eigenvalue weighted by atomic mass is 35.5. The Labute approximate surface area is 176 Å². The van der Waals surface area contributed by atoms with Gasteiger partial charge in [0.25, 0.3) is 5.56 Å². The number of carbonyl (C=O) groups excluding carboxylic acids is 1. The first-order valence-electron chi connectivity index (χ1n) is 9.70. The Morgan fingerprint density at radius 2 is 1.87 bits per heavy atom. The molecule has 5 rings (SSSR count). The molecular formula is C21H19ClN6O2. The van der Waals surface area contributed by atoms with Crippen LogP contribution in [0.3, 0.4) is 0 Å². The first-order chi connectivity index (χ1) is 14.5. The van der Waals surface area contributed by atoms with Gasteiger partial charge in [0.05, 0.1) is 11.4 Å². The molecule has 0 unspecified atom stereocenters. The molecule has 8 nitrogen and oxygen atoms in total. The van der Waals surface area contributed by atoms with Crippen LogP contribution in [0.5, 0.6) is 0 Å². The van der Waals surface area contributed by atoms with Gasteiger partial charge in [0, 0.05) is 23.5 Å².